The molecule has 1 amide bonds. The number of hydrogen-bond donors (Lipinski definition) is 0. The molecule has 0 aliphatic carbocycles. The Bertz CT molecular complexity index is 652. The summed E-state index contributed by atoms with van der Waals surface area (Å²) in [6, 6.07) is 8.04. The Balaban J connectivity index is 1.95. The summed E-state index contributed by atoms with van der Waals surface area (Å²) < 4.78 is 2.25. The van der Waals surface area contributed by atoms with Crippen molar-refractivity contribution in [3.8, 4) is 0 Å². The Morgan fingerprint density at radius 2 is 2.24 bits per heavy atom. The zero-order valence-corrected chi connectivity index (χ0v) is 13.1. The van der Waals surface area contributed by atoms with Crippen LogP contribution in [0.5, 0.6) is 0 Å². The smallest absolute Gasteiger partial charge is 0.257 e. The first kappa shape index (κ1) is 14.2. The highest BCUT2D eigenvalue weighted by molar-refractivity contribution is 7.98. The number of hydrogen-bond acceptors (Lipinski definition) is 3. The summed E-state index contributed by atoms with van der Waals surface area (Å²) in [7, 11) is 0. The largest absolute Gasteiger partial charge is 0.348 e. The lowest BCUT2D eigenvalue weighted by molar-refractivity contribution is 0.0613. The van der Waals surface area contributed by atoms with Crippen LogP contribution >= 0.6 is 11.8 Å². The molecule has 1 atom stereocenters. The minimum Gasteiger partial charge on any atom is -0.348 e. The molecule has 0 aromatic carbocycles. The minimum atomic E-state index is 0.0896. The monoisotopic (exact) mass is 301 g/mol. The van der Waals surface area contributed by atoms with Crippen LogP contribution in [0, 0.1) is 0 Å². The van der Waals surface area contributed by atoms with Gasteiger partial charge >= 0.3 is 0 Å². The molecular weight excluding hydrogens is 282 g/mol. The van der Waals surface area contributed by atoms with Crippen LogP contribution in [0.1, 0.15) is 35.4 Å². The van der Waals surface area contributed by atoms with Gasteiger partial charge in [0.05, 0.1) is 11.6 Å². The Morgan fingerprint density at radius 3 is 3.00 bits per heavy atom. The van der Waals surface area contributed by atoms with E-state index in [4.69, 9.17) is 0 Å². The molecule has 110 valence electrons. The first-order valence-corrected chi connectivity index (χ1v) is 8.43. The zero-order chi connectivity index (χ0) is 14.8. The lowest BCUT2D eigenvalue weighted by atomic mass is 10.1. The van der Waals surface area contributed by atoms with Crippen molar-refractivity contribution in [1.82, 2.24) is 14.5 Å². The van der Waals surface area contributed by atoms with Crippen molar-refractivity contribution in [2.75, 3.05) is 12.8 Å². The summed E-state index contributed by atoms with van der Waals surface area (Å²) in [5.74, 6) is 0.0896. The van der Waals surface area contributed by atoms with E-state index in [-0.39, 0.29) is 11.9 Å². The number of rotatable bonds is 3. The van der Waals surface area contributed by atoms with Crippen molar-refractivity contribution in [3.63, 3.8) is 0 Å². The van der Waals surface area contributed by atoms with Gasteiger partial charge in [-0.05, 0) is 36.9 Å². The second kappa shape index (κ2) is 5.93. The predicted molar refractivity (Wildman–Crippen MR) is 84.5 cm³/mol. The van der Waals surface area contributed by atoms with Gasteiger partial charge in [-0.15, -0.1) is 11.8 Å². The molecule has 1 aliphatic rings. The Hall–Kier alpha value is -1.75. The van der Waals surface area contributed by atoms with Crippen LogP contribution in [0.25, 0.3) is 0 Å². The number of thioether (sulfide) groups is 1. The maximum Gasteiger partial charge on any atom is 0.257 e. The van der Waals surface area contributed by atoms with Crippen LogP contribution in [0.3, 0.4) is 0 Å². The number of carbonyl (C=O) groups excluding carboxylic acids is 1. The highest BCUT2D eigenvalue weighted by atomic mass is 32.2. The number of fused-ring (bicyclic) bond motifs is 1. The summed E-state index contributed by atoms with van der Waals surface area (Å²) in [5.41, 5.74) is 1.94. The van der Waals surface area contributed by atoms with E-state index in [2.05, 4.69) is 34.8 Å². The highest BCUT2D eigenvalue weighted by Crippen LogP contribution is 2.31. The van der Waals surface area contributed by atoms with E-state index in [0.717, 1.165) is 24.5 Å². The van der Waals surface area contributed by atoms with E-state index >= 15 is 0 Å². The van der Waals surface area contributed by atoms with Crippen molar-refractivity contribution in [3.05, 3.63) is 47.9 Å². The average molecular weight is 301 g/mol. The summed E-state index contributed by atoms with van der Waals surface area (Å²) >= 11 is 1.52. The van der Waals surface area contributed by atoms with Gasteiger partial charge in [0.25, 0.3) is 5.91 Å². The zero-order valence-electron chi connectivity index (χ0n) is 12.3. The first-order valence-electron chi connectivity index (χ1n) is 7.21. The first-order chi connectivity index (χ1) is 10.3. The molecule has 4 nitrogen and oxygen atoms in total. The van der Waals surface area contributed by atoms with E-state index < -0.39 is 0 Å². The lowest BCUT2D eigenvalue weighted by Gasteiger charge is -2.36. The average Bonchev–Trinajstić information content (AvgIpc) is 3.01. The molecule has 0 radical (unpaired) electrons. The summed E-state index contributed by atoms with van der Waals surface area (Å²) in [4.78, 5) is 19.2. The van der Waals surface area contributed by atoms with Crippen LogP contribution in [-0.2, 0) is 6.54 Å². The molecule has 0 saturated heterocycles. The van der Waals surface area contributed by atoms with Gasteiger partial charge in [0.2, 0.25) is 0 Å². The number of carbonyl (C=O) groups is 1. The topological polar surface area (TPSA) is 38.1 Å². The number of amides is 1. The van der Waals surface area contributed by atoms with E-state index in [0.29, 0.717) is 5.56 Å². The van der Waals surface area contributed by atoms with Crippen molar-refractivity contribution in [1.29, 1.82) is 0 Å². The standard InChI is InChI=1S/C16H19N3OS/c1-3-13-14-7-5-9-18(14)10-11-19(13)16(20)12-6-4-8-17-15(12)21-2/h4-9,13H,3,10-11H2,1-2H3. The fraction of sp³-hybridized carbons (Fsp3) is 0.375. The molecule has 2 aromatic rings. The summed E-state index contributed by atoms with van der Waals surface area (Å²) in [6.07, 6.45) is 6.71. The Labute approximate surface area is 129 Å². The van der Waals surface area contributed by atoms with Gasteiger partial charge in [0, 0.05) is 31.2 Å². The van der Waals surface area contributed by atoms with Gasteiger partial charge in [0.15, 0.2) is 0 Å². The molecule has 0 fully saturated rings. The Morgan fingerprint density at radius 1 is 1.38 bits per heavy atom. The van der Waals surface area contributed by atoms with Gasteiger partial charge in [-0.25, -0.2) is 4.98 Å². The Kier molecular flexibility index (Phi) is 4.01. The normalized spacial score (nSPS) is 17.6. The molecule has 0 N–H and O–H groups in total. The molecule has 2 aromatic heterocycles. The third-order valence-corrected chi connectivity index (χ3v) is 4.72. The second-order valence-electron chi connectivity index (χ2n) is 5.11. The van der Waals surface area contributed by atoms with Crippen molar-refractivity contribution >= 4 is 17.7 Å². The number of nitrogens with zero attached hydrogens (tertiary/aromatic N) is 3. The fourth-order valence-corrected chi connectivity index (χ4v) is 3.55. The van der Waals surface area contributed by atoms with E-state index in [1.165, 1.54) is 17.5 Å². The van der Waals surface area contributed by atoms with Gasteiger partial charge in [0.1, 0.15) is 5.03 Å². The van der Waals surface area contributed by atoms with Crippen LogP contribution in [0.15, 0.2) is 41.7 Å². The summed E-state index contributed by atoms with van der Waals surface area (Å²) in [5, 5.41) is 0.804. The maximum absolute atomic E-state index is 12.9. The molecular formula is C16H19N3OS. The van der Waals surface area contributed by atoms with Crippen molar-refractivity contribution in [2.45, 2.75) is 31.0 Å². The fourth-order valence-electron chi connectivity index (χ4n) is 3.01. The molecule has 0 saturated carbocycles. The third kappa shape index (κ3) is 2.46. The molecule has 0 spiro atoms. The van der Waals surface area contributed by atoms with Crippen molar-refractivity contribution in [2.24, 2.45) is 0 Å². The SMILES string of the molecule is CCC1c2cccn2CCN1C(=O)c1cccnc1SC. The molecule has 1 aliphatic heterocycles. The van der Waals surface area contributed by atoms with Gasteiger partial charge in [-0.3, -0.25) is 4.79 Å². The van der Waals surface area contributed by atoms with Crippen LogP contribution in [0.4, 0.5) is 0 Å². The van der Waals surface area contributed by atoms with Gasteiger partial charge in [-0.1, -0.05) is 6.92 Å². The molecule has 1 unspecified atom stereocenters. The highest BCUT2D eigenvalue weighted by Gasteiger charge is 2.31. The minimum absolute atomic E-state index is 0.0896. The summed E-state index contributed by atoms with van der Waals surface area (Å²) in [6.45, 7) is 3.74. The lowest BCUT2D eigenvalue weighted by Crippen LogP contribution is -2.41. The quantitative estimate of drug-likeness (QED) is 0.817. The molecule has 21 heavy (non-hydrogen) atoms. The molecule has 3 rings (SSSR count). The van der Waals surface area contributed by atoms with Gasteiger partial charge in [-0.2, -0.15) is 0 Å². The molecule has 5 heteroatoms. The van der Waals surface area contributed by atoms with Crippen LogP contribution in [0.2, 0.25) is 0 Å². The molecule has 0 bridgehead atoms. The predicted octanol–water partition coefficient (Wildman–Crippen LogP) is 3.21. The third-order valence-electron chi connectivity index (χ3n) is 4.01. The number of pyridine rings is 1. The van der Waals surface area contributed by atoms with Crippen molar-refractivity contribution < 1.29 is 4.79 Å². The van der Waals surface area contributed by atoms with E-state index in [9.17, 15) is 4.79 Å². The van der Waals surface area contributed by atoms with E-state index in [1.807, 2.05) is 23.3 Å². The van der Waals surface area contributed by atoms with Gasteiger partial charge < -0.3 is 9.47 Å². The second-order valence-corrected chi connectivity index (χ2v) is 5.90. The molecule has 3 heterocycles. The number of aromatic nitrogens is 2. The van der Waals surface area contributed by atoms with Crippen LogP contribution < -0.4 is 0 Å². The van der Waals surface area contributed by atoms with E-state index in [1.54, 1.807) is 6.20 Å². The maximum atomic E-state index is 12.9. The van der Waals surface area contributed by atoms with Crippen LogP contribution in [-0.4, -0.2) is 33.2 Å².